The molecule has 0 saturated carbocycles. The lowest BCUT2D eigenvalue weighted by Gasteiger charge is -2.05. The number of aromatic nitrogens is 1. The molecule has 6 heteroatoms. The van der Waals surface area contributed by atoms with E-state index in [-0.39, 0.29) is 5.91 Å². The Labute approximate surface area is 181 Å². The third-order valence-corrected chi connectivity index (χ3v) is 5.82. The second-order valence-corrected chi connectivity index (χ2v) is 8.21. The molecule has 1 heterocycles. The molecule has 0 saturated heterocycles. The van der Waals surface area contributed by atoms with E-state index in [0.29, 0.717) is 23.9 Å². The maximum absolute atomic E-state index is 12.1. The number of nitrogens with one attached hydrogen (secondary N) is 1. The largest absolute Gasteiger partial charge is 0.441 e. The minimum Gasteiger partial charge on any atom is -0.441 e. The van der Waals surface area contributed by atoms with Gasteiger partial charge in [0.1, 0.15) is 5.76 Å². The topological polar surface area (TPSA) is 55.1 Å². The van der Waals surface area contributed by atoms with E-state index in [1.54, 1.807) is 0 Å². The number of amides is 1. The van der Waals surface area contributed by atoms with Crippen molar-refractivity contribution in [3.8, 4) is 11.5 Å². The number of benzene rings is 2. The van der Waals surface area contributed by atoms with Gasteiger partial charge in [-0.15, -0.1) is 11.8 Å². The lowest BCUT2D eigenvalue weighted by Crippen LogP contribution is -2.27. The molecule has 0 aliphatic heterocycles. The number of carbonyl (C=O) groups is 1. The molecule has 1 N–H and O–H groups in total. The van der Waals surface area contributed by atoms with Gasteiger partial charge in [-0.25, -0.2) is 4.98 Å². The fourth-order valence-electron chi connectivity index (χ4n) is 2.86. The molecule has 1 aromatic heterocycles. The molecule has 152 valence electrons. The van der Waals surface area contributed by atoms with Crippen LogP contribution in [0.15, 0.2) is 52.9 Å². The number of thioether (sulfide) groups is 1. The molecule has 0 aliphatic rings. The number of nitrogens with zero attached hydrogens (tertiary/aromatic N) is 1. The van der Waals surface area contributed by atoms with Gasteiger partial charge in [-0.2, -0.15) is 0 Å². The van der Waals surface area contributed by atoms with Crippen LogP contribution in [-0.4, -0.2) is 23.2 Å². The zero-order chi connectivity index (χ0) is 20.6. The molecule has 4 nitrogen and oxygen atoms in total. The number of aryl methyl sites for hydroxylation is 2. The van der Waals surface area contributed by atoms with Gasteiger partial charge in [-0.3, -0.25) is 4.79 Å². The Hall–Kier alpha value is -2.24. The number of oxazole rings is 1. The molecule has 0 spiro atoms. The summed E-state index contributed by atoms with van der Waals surface area (Å²) in [6.45, 7) is 4.66. The highest BCUT2D eigenvalue weighted by Crippen LogP contribution is 2.24. The normalized spacial score (nSPS) is 10.9. The molecule has 0 fully saturated rings. The molecule has 3 aromatic rings. The average Bonchev–Trinajstić information content (AvgIpc) is 3.10. The van der Waals surface area contributed by atoms with E-state index in [9.17, 15) is 4.79 Å². The van der Waals surface area contributed by atoms with Crippen LogP contribution in [0.3, 0.4) is 0 Å². The smallest absolute Gasteiger partial charge is 0.230 e. The van der Waals surface area contributed by atoms with E-state index in [1.807, 2.05) is 43.3 Å². The van der Waals surface area contributed by atoms with Gasteiger partial charge in [0.05, 0.1) is 11.4 Å². The van der Waals surface area contributed by atoms with E-state index in [1.165, 1.54) is 17.3 Å². The summed E-state index contributed by atoms with van der Waals surface area (Å²) in [5.41, 5.74) is 4.30. The first kappa shape index (κ1) is 21.5. The second kappa shape index (κ2) is 10.5. The van der Waals surface area contributed by atoms with Gasteiger partial charge in [-0.05, 0) is 55.2 Å². The molecule has 3 rings (SSSR count). The van der Waals surface area contributed by atoms with Crippen molar-refractivity contribution in [2.24, 2.45) is 0 Å². The monoisotopic (exact) mass is 428 g/mol. The SMILES string of the molecule is CCc1ccc(-c2nc(CSCC(=O)NCCc3ccc(Cl)cc3)c(C)o2)cc1. The van der Waals surface area contributed by atoms with Gasteiger partial charge in [-0.1, -0.05) is 42.8 Å². The number of carbonyl (C=O) groups excluding carboxylic acids is 1. The first-order valence-electron chi connectivity index (χ1n) is 9.69. The third kappa shape index (κ3) is 6.38. The van der Waals surface area contributed by atoms with Crippen molar-refractivity contribution in [2.75, 3.05) is 12.3 Å². The minimum absolute atomic E-state index is 0.0282. The Bertz CT molecular complexity index is 937. The van der Waals surface area contributed by atoms with Crippen LogP contribution in [0.4, 0.5) is 0 Å². The molecule has 29 heavy (non-hydrogen) atoms. The van der Waals surface area contributed by atoms with Gasteiger partial charge in [0.15, 0.2) is 0 Å². The quantitative estimate of drug-likeness (QED) is 0.491. The summed E-state index contributed by atoms with van der Waals surface area (Å²) in [7, 11) is 0. The van der Waals surface area contributed by atoms with E-state index >= 15 is 0 Å². The Kier molecular flexibility index (Phi) is 7.78. The summed E-state index contributed by atoms with van der Waals surface area (Å²) in [5, 5.41) is 3.67. The van der Waals surface area contributed by atoms with Crippen molar-refractivity contribution < 1.29 is 9.21 Å². The third-order valence-electron chi connectivity index (χ3n) is 4.62. The molecule has 1 amide bonds. The highest BCUT2D eigenvalue weighted by Gasteiger charge is 2.12. The van der Waals surface area contributed by atoms with Crippen molar-refractivity contribution >= 4 is 29.3 Å². The van der Waals surface area contributed by atoms with Gasteiger partial charge in [0, 0.05) is 22.9 Å². The number of hydrogen-bond acceptors (Lipinski definition) is 4. The summed E-state index contributed by atoms with van der Waals surface area (Å²) < 4.78 is 5.82. The predicted octanol–water partition coefficient (Wildman–Crippen LogP) is 5.46. The van der Waals surface area contributed by atoms with E-state index in [4.69, 9.17) is 16.0 Å². The highest BCUT2D eigenvalue weighted by molar-refractivity contribution is 7.99. The standard InChI is InChI=1S/C23H25ClN2O2S/c1-3-17-4-8-19(9-5-17)23-26-21(16(2)28-23)14-29-15-22(27)25-13-12-18-6-10-20(24)11-7-18/h4-11H,3,12-15H2,1-2H3,(H,25,27). The number of rotatable bonds is 9. The first-order chi connectivity index (χ1) is 14.0. The van der Waals surface area contributed by atoms with Crippen LogP contribution in [0.1, 0.15) is 29.5 Å². The molecular weight excluding hydrogens is 404 g/mol. The van der Waals surface area contributed by atoms with Crippen LogP contribution >= 0.6 is 23.4 Å². The highest BCUT2D eigenvalue weighted by atomic mass is 35.5. The Balaban J connectivity index is 1.43. The summed E-state index contributed by atoms with van der Waals surface area (Å²) >= 11 is 7.42. The fraction of sp³-hybridized carbons (Fsp3) is 0.304. The molecule has 0 bridgehead atoms. The van der Waals surface area contributed by atoms with Crippen LogP contribution in [0, 0.1) is 6.92 Å². The lowest BCUT2D eigenvalue weighted by molar-refractivity contribution is -0.118. The Morgan fingerprint density at radius 3 is 2.48 bits per heavy atom. The zero-order valence-corrected chi connectivity index (χ0v) is 18.3. The lowest BCUT2D eigenvalue weighted by atomic mass is 10.1. The average molecular weight is 429 g/mol. The molecule has 2 aromatic carbocycles. The first-order valence-corrected chi connectivity index (χ1v) is 11.2. The molecule has 0 aliphatic carbocycles. The van der Waals surface area contributed by atoms with E-state index in [0.717, 1.165) is 40.4 Å². The maximum atomic E-state index is 12.1. The maximum Gasteiger partial charge on any atom is 0.230 e. The van der Waals surface area contributed by atoms with Crippen LogP contribution in [0.25, 0.3) is 11.5 Å². The van der Waals surface area contributed by atoms with Crippen LogP contribution in [0.2, 0.25) is 5.02 Å². The van der Waals surface area contributed by atoms with E-state index < -0.39 is 0 Å². The minimum atomic E-state index is 0.0282. The number of halogens is 1. The van der Waals surface area contributed by atoms with Crippen molar-refractivity contribution in [3.05, 3.63) is 76.1 Å². The summed E-state index contributed by atoms with van der Waals surface area (Å²) in [4.78, 5) is 16.7. The van der Waals surface area contributed by atoms with Crippen LogP contribution in [-0.2, 0) is 23.4 Å². The molecule has 0 unspecified atom stereocenters. The Morgan fingerprint density at radius 1 is 1.10 bits per heavy atom. The van der Waals surface area contributed by atoms with E-state index in [2.05, 4.69) is 29.4 Å². The van der Waals surface area contributed by atoms with Crippen molar-refractivity contribution in [2.45, 2.75) is 32.4 Å². The molecule has 0 radical (unpaired) electrons. The van der Waals surface area contributed by atoms with Crippen molar-refractivity contribution in [1.29, 1.82) is 0 Å². The van der Waals surface area contributed by atoms with Crippen molar-refractivity contribution in [1.82, 2.24) is 10.3 Å². The van der Waals surface area contributed by atoms with Crippen molar-refractivity contribution in [3.63, 3.8) is 0 Å². The summed E-state index contributed by atoms with van der Waals surface area (Å²) in [6.07, 6.45) is 1.80. The van der Waals surface area contributed by atoms with Gasteiger partial charge < -0.3 is 9.73 Å². The van der Waals surface area contributed by atoms with Gasteiger partial charge >= 0.3 is 0 Å². The summed E-state index contributed by atoms with van der Waals surface area (Å²) in [5.74, 6) is 2.50. The predicted molar refractivity (Wildman–Crippen MR) is 120 cm³/mol. The summed E-state index contributed by atoms with van der Waals surface area (Å²) in [6, 6.07) is 15.9. The second-order valence-electron chi connectivity index (χ2n) is 6.79. The molecule has 0 atom stereocenters. The molecular formula is C23H25ClN2O2S. The van der Waals surface area contributed by atoms with Crippen LogP contribution in [0.5, 0.6) is 0 Å². The van der Waals surface area contributed by atoms with Gasteiger partial charge in [0.2, 0.25) is 11.8 Å². The Morgan fingerprint density at radius 2 is 1.79 bits per heavy atom. The fourth-order valence-corrected chi connectivity index (χ4v) is 3.83. The number of hydrogen-bond donors (Lipinski definition) is 1. The van der Waals surface area contributed by atoms with Gasteiger partial charge in [0.25, 0.3) is 0 Å². The zero-order valence-electron chi connectivity index (χ0n) is 16.7. The van der Waals surface area contributed by atoms with Crippen LogP contribution < -0.4 is 5.32 Å².